The van der Waals surface area contributed by atoms with E-state index in [-0.39, 0.29) is 13.1 Å². The van der Waals surface area contributed by atoms with Crippen molar-refractivity contribution in [2.75, 3.05) is 0 Å². The van der Waals surface area contributed by atoms with Crippen molar-refractivity contribution in [3.8, 4) is 11.5 Å². The van der Waals surface area contributed by atoms with E-state index in [1.807, 2.05) is 0 Å². The predicted molar refractivity (Wildman–Crippen MR) is 98.4 cm³/mol. The van der Waals surface area contributed by atoms with Crippen molar-refractivity contribution >= 4 is 11.9 Å². The van der Waals surface area contributed by atoms with Crippen LogP contribution in [-0.4, -0.2) is 11.9 Å². The molecule has 2 heterocycles. The number of nitrogens with zero attached hydrogens (tertiary/aromatic N) is 2. The molecule has 8 nitrogen and oxygen atoms in total. The fraction of sp³-hybridized carbons (Fsp3) is 0.182. The monoisotopic (exact) mass is 408 g/mol. The van der Waals surface area contributed by atoms with Gasteiger partial charge in [-0.15, -0.1) is 0 Å². The molecule has 0 amide bonds. The SMILES string of the molecule is O=C([O-])C[n+]1ccc(COc2ccc(OCc3cc[n+](CC(=O)[O-])cc3)cc2)cc1. The van der Waals surface area contributed by atoms with Crippen molar-refractivity contribution in [3.63, 3.8) is 0 Å². The minimum atomic E-state index is -1.14. The molecule has 0 radical (unpaired) electrons. The topological polar surface area (TPSA) is 106 Å². The van der Waals surface area contributed by atoms with E-state index >= 15 is 0 Å². The molecule has 2 aromatic heterocycles. The second-order valence-electron chi connectivity index (χ2n) is 6.55. The van der Waals surface area contributed by atoms with Crippen LogP contribution in [0.4, 0.5) is 0 Å². The fourth-order valence-corrected chi connectivity index (χ4v) is 2.64. The maximum Gasteiger partial charge on any atom is 0.187 e. The van der Waals surface area contributed by atoms with Crippen LogP contribution in [0.25, 0.3) is 0 Å². The summed E-state index contributed by atoms with van der Waals surface area (Å²) in [6.45, 7) is 0.321. The van der Waals surface area contributed by atoms with Crippen molar-refractivity contribution in [2.24, 2.45) is 0 Å². The quantitative estimate of drug-likeness (QED) is 0.395. The molecule has 8 heteroatoms. The first-order valence-electron chi connectivity index (χ1n) is 9.19. The number of carbonyl (C=O) groups is 2. The number of benzene rings is 1. The van der Waals surface area contributed by atoms with Crippen molar-refractivity contribution < 1.29 is 38.4 Å². The molecule has 0 bridgehead atoms. The zero-order valence-corrected chi connectivity index (χ0v) is 16.1. The largest absolute Gasteiger partial charge is 0.544 e. The summed E-state index contributed by atoms with van der Waals surface area (Å²) >= 11 is 0. The Morgan fingerprint density at radius 2 is 0.967 bits per heavy atom. The van der Waals surface area contributed by atoms with Gasteiger partial charge in [-0.25, -0.2) is 0 Å². The third-order valence-electron chi connectivity index (χ3n) is 4.18. The molecule has 0 fully saturated rings. The Morgan fingerprint density at radius 1 is 0.633 bits per heavy atom. The van der Waals surface area contributed by atoms with Crippen molar-refractivity contribution in [3.05, 3.63) is 84.4 Å². The summed E-state index contributed by atoms with van der Waals surface area (Å²) in [4.78, 5) is 21.2. The summed E-state index contributed by atoms with van der Waals surface area (Å²) in [5.74, 6) is -0.926. The lowest BCUT2D eigenvalue weighted by molar-refractivity contribution is -0.690. The maximum atomic E-state index is 10.6. The molecular weight excluding hydrogens is 388 g/mol. The number of aliphatic carboxylic acids is 2. The van der Waals surface area contributed by atoms with Gasteiger partial charge >= 0.3 is 0 Å². The van der Waals surface area contributed by atoms with E-state index in [0.717, 1.165) is 11.1 Å². The highest BCUT2D eigenvalue weighted by molar-refractivity contribution is 5.62. The number of hydrogen-bond donors (Lipinski definition) is 0. The van der Waals surface area contributed by atoms with Gasteiger partial charge in [0.1, 0.15) is 36.7 Å². The Morgan fingerprint density at radius 3 is 1.27 bits per heavy atom. The van der Waals surface area contributed by atoms with Gasteiger partial charge in [-0.2, -0.15) is 9.13 Å². The summed E-state index contributed by atoms with van der Waals surface area (Å²) in [6, 6.07) is 14.4. The number of hydrogen-bond acceptors (Lipinski definition) is 6. The van der Waals surface area contributed by atoms with Gasteiger partial charge in [-0.05, 0) is 24.3 Å². The molecule has 30 heavy (non-hydrogen) atoms. The van der Waals surface area contributed by atoms with Gasteiger partial charge in [0.25, 0.3) is 0 Å². The van der Waals surface area contributed by atoms with Gasteiger partial charge in [-0.3, -0.25) is 0 Å². The lowest BCUT2D eigenvalue weighted by atomic mass is 10.2. The van der Waals surface area contributed by atoms with Crippen molar-refractivity contribution in [2.45, 2.75) is 26.3 Å². The lowest BCUT2D eigenvalue weighted by Gasteiger charge is -2.09. The van der Waals surface area contributed by atoms with Crippen LogP contribution in [0.5, 0.6) is 11.5 Å². The molecule has 0 saturated heterocycles. The van der Waals surface area contributed by atoms with E-state index in [4.69, 9.17) is 9.47 Å². The molecule has 1 aromatic carbocycles. The first-order chi connectivity index (χ1) is 14.5. The number of aromatic nitrogens is 2. The zero-order chi connectivity index (χ0) is 21.3. The summed E-state index contributed by atoms with van der Waals surface area (Å²) in [6.07, 6.45) is 6.65. The summed E-state index contributed by atoms with van der Waals surface area (Å²) < 4.78 is 14.5. The molecular formula is C22H20N2O6. The van der Waals surface area contributed by atoms with E-state index in [9.17, 15) is 19.8 Å². The number of pyridine rings is 2. The lowest BCUT2D eigenvalue weighted by Crippen LogP contribution is -2.43. The van der Waals surface area contributed by atoms with Crippen molar-refractivity contribution in [1.82, 2.24) is 0 Å². The zero-order valence-electron chi connectivity index (χ0n) is 16.1. The number of carboxylic acids is 2. The van der Waals surface area contributed by atoms with Crippen LogP contribution >= 0.6 is 0 Å². The average molecular weight is 408 g/mol. The van der Waals surface area contributed by atoms with Crippen LogP contribution in [0.2, 0.25) is 0 Å². The molecule has 0 aliphatic rings. The van der Waals surface area contributed by atoms with Crippen LogP contribution < -0.4 is 28.8 Å². The van der Waals surface area contributed by atoms with Crippen LogP contribution in [0.3, 0.4) is 0 Å². The van der Waals surface area contributed by atoms with Gasteiger partial charge in [-0.1, -0.05) is 0 Å². The van der Waals surface area contributed by atoms with Crippen LogP contribution in [-0.2, 0) is 35.9 Å². The number of ether oxygens (including phenoxy) is 2. The molecule has 0 aliphatic carbocycles. The van der Waals surface area contributed by atoms with E-state index in [0.29, 0.717) is 24.7 Å². The Labute approximate surface area is 173 Å². The van der Waals surface area contributed by atoms with E-state index < -0.39 is 11.9 Å². The maximum absolute atomic E-state index is 10.6. The molecule has 0 spiro atoms. The molecule has 154 valence electrons. The average Bonchev–Trinajstić information content (AvgIpc) is 2.73. The van der Waals surface area contributed by atoms with E-state index in [1.54, 1.807) is 73.3 Å². The summed E-state index contributed by atoms with van der Waals surface area (Å²) in [5, 5.41) is 21.2. The normalized spacial score (nSPS) is 10.4. The van der Waals surface area contributed by atoms with Crippen molar-refractivity contribution in [1.29, 1.82) is 0 Å². The van der Waals surface area contributed by atoms with Gasteiger partial charge in [0.2, 0.25) is 0 Å². The molecule has 3 rings (SSSR count). The number of carboxylic acid groups (broad SMARTS) is 2. The van der Waals surface area contributed by atoms with Crippen LogP contribution in [0.1, 0.15) is 11.1 Å². The van der Waals surface area contributed by atoms with Gasteiger partial charge in [0, 0.05) is 35.4 Å². The highest BCUT2D eigenvalue weighted by Crippen LogP contribution is 2.19. The molecule has 0 N–H and O–H groups in total. The minimum absolute atomic E-state index is 0.189. The second kappa shape index (κ2) is 10.0. The molecule has 0 aliphatic heterocycles. The van der Waals surface area contributed by atoms with Gasteiger partial charge in [0.05, 0.1) is 0 Å². The molecule has 0 unspecified atom stereocenters. The fourth-order valence-electron chi connectivity index (χ4n) is 2.64. The first kappa shape index (κ1) is 20.8. The Kier molecular flexibility index (Phi) is 6.94. The second-order valence-corrected chi connectivity index (χ2v) is 6.55. The Bertz CT molecular complexity index is 903. The predicted octanol–water partition coefficient (Wildman–Crippen LogP) is -1.08. The first-order valence-corrected chi connectivity index (χ1v) is 9.19. The number of carbonyl (C=O) groups excluding carboxylic acids is 2. The van der Waals surface area contributed by atoms with Crippen LogP contribution in [0.15, 0.2) is 73.3 Å². The minimum Gasteiger partial charge on any atom is -0.544 e. The third-order valence-corrected chi connectivity index (χ3v) is 4.18. The van der Waals surface area contributed by atoms with Gasteiger partial charge < -0.3 is 29.3 Å². The van der Waals surface area contributed by atoms with Crippen LogP contribution in [0, 0.1) is 0 Å². The number of rotatable bonds is 10. The summed E-state index contributed by atoms with van der Waals surface area (Å²) in [7, 11) is 0. The molecule has 0 atom stereocenters. The third kappa shape index (κ3) is 6.59. The standard InChI is InChI=1S/C22H20N2O6/c25-21(26)13-23-9-5-17(6-10-23)15-29-19-1-2-20(4-3-19)30-16-18-7-11-24(12-8-18)14-22(27)28/h1-12H,13-16H2. The van der Waals surface area contributed by atoms with E-state index in [1.165, 1.54) is 9.13 Å². The van der Waals surface area contributed by atoms with Gasteiger partial charge in [0.15, 0.2) is 37.9 Å². The Balaban J connectivity index is 1.46. The molecule has 3 aromatic rings. The molecule has 0 saturated carbocycles. The summed E-state index contributed by atoms with van der Waals surface area (Å²) in [5.41, 5.74) is 1.81. The Hall–Kier alpha value is -3.94. The highest BCUT2D eigenvalue weighted by Gasteiger charge is 2.04. The smallest absolute Gasteiger partial charge is 0.187 e. The highest BCUT2D eigenvalue weighted by atomic mass is 16.5. The van der Waals surface area contributed by atoms with E-state index in [2.05, 4.69) is 0 Å².